The van der Waals surface area contributed by atoms with Gasteiger partial charge >= 0.3 is 0 Å². The molecule has 0 aliphatic rings. The van der Waals surface area contributed by atoms with Gasteiger partial charge in [-0.25, -0.2) is 0 Å². The van der Waals surface area contributed by atoms with Crippen molar-refractivity contribution in [2.75, 3.05) is 14.2 Å². The Balaban J connectivity index is 2.18. The molecule has 3 aromatic rings. The molecule has 1 heterocycles. The van der Waals surface area contributed by atoms with Gasteiger partial charge in [0.25, 0.3) is 0 Å². The normalized spacial score (nSPS) is 11.3. The van der Waals surface area contributed by atoms with Crippen molar-refractivity contribution in [2.45, 2.75) is 0 Å². The number of nitrogens with zero attached hydrogens (tertiary/aromatic N) is 2. The van der Waals surface area contributed by atoms with Gasteiger partial charge in [-0.1, -0.05) is 12.1 Å². The van der Waals surface area contributed by atoms with E-state index < -0.39 is 0 Å². The molecule has 0 radical (unpaired) electrons. The van der Waals surface area contributed by atoms with E-state index in [1.165, 1.54) is 5.39 Å². The van der Waals surface area contributed by atoms with E-state index in [9.17, 15) is 5.26 Å². The predicted octanol–water partition coefficient (Wildman–Crippen LogP) is 4.15. The van der Waals surface area contributed by atoms with Gasteiger partial charge in [-0.15, -0.1) is 0 Å². The number of aromatic nitrogens is 1. The molecule has 3 rings (SSSR count). The molecule has 0 aliphatic carbocycles. The van der Waals surface area contributed by atoms with Crippen LogP contribution in [0.4, 0.5) is 0 Å². The largest absolute Gasteiger partial charge is 0.497 e. The van der Waals surface area contributed by atoms with Crippen molar-refractivity contribution < 1.29 is 9.47 Å². The van der Waals surface area contributed by atoms with Gasteiger partial charge in [0.15, 0.2) is 0 Å². The zero-order valence-electron chi connectivity index (χ0n) is 13.9. The summed E-state index contributed by atoms with van der Waals surface area (Å²) in [7, 11) is 5.24. The molecule has 0 bridgehead atoms. The van der Waals surface area contributed by atoms with Crippen molar-refractivity contribution in [3.8, 4) is 17.6 Å². The minimum Gasteiger partial charge on any atom is -0.497 e. The number of fused-ring (bicyclic) bond motifs is 1. The molecule has 0 spiro atoms. The van der Waals surface area contributed by atoms with Crippen LogP contribution in [0.2, 0.25) is 0 Å². The second-order valence-electron chi connectivity index (χ2n) is 5.49. The fourth-order valence-corrected chi connectivity index (χ4v) is 2.79. The number of hydrogen-bond donors (Lipinski definition) is 0. The number of nitriles is 1. The molecule has 0 fully saturated rings. The van der Waals surface area contributed by atoms with Crippen LogP contribution in [0.15, 0.2) is 54.7 Å². The average Bonchev–Trinajstić information content (AvgIpc) is 2.99. The van der Waals surface area contributed by atoms with Crippen molar-refractivity contribution in [2.24, 2.45) is 7.05 Å². The van der Waals surface area contributed by atoms with E-state index in [1.807, 2.05) is 37.5 Å². The molecule has 4 nitrogen and oxygen atoms in total. The number of methoxy groups -OCH3 is 2. The third kappa shape index (κ3) is 2.84. The fraction of sp³-hybridized carbons (Fsp3) is 0.150. The minimum atomic E-state index is 0.688. The van der Waals surface area contributed by atoms with Gasteiger partial charge in [-0.2, -0.15) is 5.26 Å². The molecule has 1 aromatic heterocycles. The first-order valence-corrected chi connectivity index (χ1v) is 7.55. The van der Waals surface area contributed by atoms with Crippen LogP contribution in [0.5, 0.6) is 11.5 Å². The third-order valence-corrected chi connectivity index (χ3v) is 4.07. The molecule has 0 unspecified atom stereocenters. The summed E-state index contributed by atoms with van der Waals surface area (Å²) in [5.74, 6) is 1.38. The van der Waals surface area contributed by atoms with Crippen molar-refractivity contribution in [1.29, 1.82) is 5.26 Å². The summed E-state index contributed by atoms with van der Waals surface area (Å²) in [6.45, 7) is 0. The highest BCUT2D eigenvalue weighted by atomic mass is 16.5. The summed E-state index contributed by atoms with van der Waals surface area (Å²) >= 11 is 0. The highest BCUT2D eigenvalue weighted by Gasteiger charge is 2.11. The lowest BCUT2D eigenvalue weighted by molar-refractivity contribution is 0.394. The van der Waals surface area contributed by atoms with Gasteiger partial charge in [0.05, 0.1) is 20.3 Å². The van der Waals surface area contributed by atoms with E-state index in [1.54, 1.807) is 20.3 Å². The topological polar surface area (TPSA) is 47.2 Å². The van der Waals surface area contributed by atoms with Crippen LogP contribution in [0.1, 0.15) is 11.1 Å². The van der Waals surface area contributed by atoms with Gasteiger partial charge in [0, 0.05) is 30.9 Å². The lowest BCUT2D eigenvalue weighted by atomic mass is 9.96. The molecule has 0 atom stereocenters. The van der Waals surface area contributed by atoms with E-state index in [4.69, 9.17) is 9.47 Å². The Morgan fingerprint density at radius 3 is 2.33 bits per heavy atom. The molecule has 120 valence electrons. The summed E-state index contributed by atoms with van der Waals surface area (Å²) in [6.07, 6.45) is 3.58. The minimum absolute atomic E-state index is 0.688. The quantitative estimate of drug-likeness (QED) is 0.679. The van der Waals surface area contributed by atoms with E-state index in [0.29, 0.717) is 11.5 Å². The highest BCUT2D eigenvalue weighted by molar-refractivity contribution is 5.89. The Hall–Kier alpha value is -3.19. The van der Waals surface area contributed by atoms with Gasteiger partial charge in [0.1, 0.15) is 11.5 Å². The fourth-order valence-electron chi connectivity index (χ4n) is 2.79. The van der Waals surface area contributed by atoms with Crippen LogP contribution in [0, 0.1) is 11.3 Å². The Bertz CT molecular complexity index is 939. The molecule has 0 N–H and O–H groups in total. The van der Waals surface area contributed by atoms with Crippen molar-refractivity contribution in [3.63, 3.8) is 0 Å². The maximum atomic E-state index is 9.25. The molecule has 0 saturated carbocycles. The Kier molecular flexibility index (Phi) is 4.26. The molecule has 0 saturated heterocycles. The summed E-state index contributed by atoms with van der Waals surface area (Å²) in [5.41, 5.74) is 3.80. The number of benzene rings is 2. The van der Waals surface area contributed by atoms with Gasteiger partial charge in [0.2, 0.25) is 0 Å². The van der Waals surface area contributed by atoms with Gasteiger partial charge in [-0.05, 0) is 46.4 Å². The predicted molar refractivity (Wildman–Crippen MR) is 95.2 cm³/mol. The highest BCUT2D eigenvalue weighted by Crippen LogP contribution is 2.32. The number of rotatable bonds is 4. The van der Waals surface area contributed by atoms with E-state index >= 15 is 0 Å². The summed E-state index contributed by atoms with van der Waals surface area (Å²) in [5, 5.41) is 10.4. The SMILES string of the molecule is COc1cc(OC)cc(C(=CC#N)c2ccc3ccn(C)c3c2)c1. The van der Waals surface area contributed by atoms with Crippen molar-refractivity contribution in [1.82, 2.24) is 4.57 Å². The number of hydrogen-bond acceptors (Lipinski definition) is 3. The van der Waals surface area contributed by atoms with E-state index in [2.05, 4.69) is 28.8 Å². The van der Waals surface area contributed by atoms with E-state index in [0.717, 1.165) is 22.2 Å². The summed E-state index contributed by atoms with van der Waals surface area (Å²) < 4.78 is 12.8. The zero-order chi connectivity index (χ0) is 17.1. The molecular formula is C20H18N2O2. The first-order chi connectivity index (χ1) is 11.7. The average molecular weight is 318 g/mol. The smallest absolute Gasteiger partial charge is 0.123 e. The molecule has 0 amide bonds. The number of allylic oxidation sites excluding steroid dienone is 1. The molecule has 24 heavy (non-hydrogen) atoms. The van der Waals surface area contributed by atoms with E-state index in [-0.39, 0.29) is 0 Å². The Morgan fingerprint density at radius 2 is 1.71 bits per heavy atom. The van der Waals surface area contributed by atoms with Crippen LogP contribution in [-0.4, -0.2) is 18.8 Å². The van der Waals surface area contributed by atoms with Gasteiger partial charge in [-0.3, -0.25) is 0 Å². The second kappa shape index (κ2) is 6.51. The lowest BCUT2D eigenvalue weighted by Gasteiger charge is -2.12. The van der Waals surface area contributed by atoms with Gasteiger partial charge < -0.3 is 14.0 Å². The summed E-state index contributed by atoms with van der Waals surface area (Å²) in [4.78, 5) is 0. The first-order valence-electron chi connectivity index (χ1n) is 7.55. The Labute approximate surface area is 141 Å². The first kappa shape index (κ1) is 15.7. The molecule has 2 aromatic carbocycles. The van der Waals surface area contributed by atoms with Crippen LogP contribution < -0.4 is 9.47 Å². The maximum absolute atomic E-state index is 9.25. The summed E-state index contributed by atoms with van der Waals surface area (Å²) in [6, 6.07) is 16.0. The second-order valence-corrected chi connectivity index (χ2v) is 5.49. The maximum Gasteiger partial charge on any atom is 0.123 e. The van der Waals surface area contributed by atoms with Crippen molar-refractivity contribution >= 4 is 16.5 Å². The molecule has 4 heteroatoms. The van der Waals surface area contributed by atoms with Crippen LogP contribution >= 0.6 is 0 Å². The zero-order valence-corrected chi connectivity index (χ0v) is 13.9. The van der Waals surface area contributed by atoms with Crippen LogP contribution in [0.25, 0.3) is 16.5 Å². The number of ether oxygens (including phenoxy) is 2. The molecule has 0 aliphatic heterocycles. The monoisotopic (exact) mass is 318 g/mol. The lowest BCUT2D eigenvalue weighted by Crippen LogP contribution is -1.94. The standard InChI is InChI=1S/C20H18N2O2/c1-22-9-7-14-4-5-15(12-20(14)22)19(6-8-21)16-10-17(23-2)13-18(11-16)24-3/h4-7,9-13H,1-3H3. The number of aryl methyl sites for hydroxylation is 1. The third-order valence-electron chi connectivity index (χ3n) is 4.07. The van der Waals surface area contributed by atoms with Crippen LogP contribution in [-0.2, 0) is 7.05 Å². The Morgan fingerprint density at radius 1 is 1.00 bits per heavy atom. The molecular weight excluding hydrogens is 300 g/mol. The van der Waals surface area contributed by atoms with Crippen molar-refractivity contribution in [3.05, 3.63) is 65.9 Å². The van der Waals surface area contributed by atoms with Crippen LogP contribution in [0.3, 0.4) is 0 Å².